The standard InChI is InChI=1S/C15H10N.C14H26O2.Ir/c1-2-6-12(7-3-1)15-10-13-8-4-5-9-14(13)11-16-15;1-13(2)7-5-6-9-8-14(3,4)12(16)10(9)11(13)15;/h1-6,8-11H;9-12,15-16H,5-8H2,1-4H3;/q-1;;. The summed E-state index contributed by atoms with van der Waals surface area (Å²) in [6.45, 7) is 8.54. The summed E-state index contributed by atoms with van der Waals surface area (Å²) in [4.78, 5) is 4.45. The number of fused-ring (bicyclic) bond motifs is 2. The average Bonchev–Trinajstić information content (AvgIpc) is 2.94. The third-order valence-electron chi connectivity index (χ3n) is 7.68. The zero-order valence-electron chi connectivity index (χ0n) is 20.1. The van der Waals surface area contributed by atoms with Gasteiger partial charge in [0.05, 0.1) is 12.2 Å². The van der Waals surface area contributed by atoms with E-state index in [9.17, 15) is 10.2 Å². The van der Waals surface area contributed by atoms with E-state index in [4.69, 9.17) is 0 Å². The zero-order chi connectivity index (χ0) is 22.9. The van der Waals surface area contributed by atoms with Crippen LogP contribution in [0.3, 0.4) is 0 Å². The summed E-state index contributed by atoms with van der Waals surface area (Å²) in [6, 6.07) is 21.4. The fraction of sp³-hybridized carbons (Fsp3) is 0.483. The van der Waals surface area contributed by atoms with E-state index in [1.807, 2.05) is 42.6 Å². The number of aliphatic hydroxyl groups is 2. The van der Waals surface area contributed by atoms with Crippen molar-refractivity contribution in [1.29, 1.82) is 0 Å². The van der Waals surface area contributed by atoms with Gasteiger partial charge in [0, 0.05) is 32.2 Å². The van der Waals surface area contributed by atoms with Gasteiger partial charge < -0.3 is 15.2 Å². The predicted octanol–water partition coefficient (Wildman–Crippen LogP) is 6.28. The molecule has 2 saturated carbocycles. The third kappa shape index (κ3) is 5.57. The number of aliphatic hydroxyl groups excluding tert-OH is 2. The fourth-order valence-electron chi connectivity index (χ4n) is 5.71. The molecule has 2 aliphatic carbocycles. The van der Waals surface area contributed by atoms with E-state index in [0.29, 0.717) is 5.92 Å². The van der Waals surface area contributed by atoms with Gasteiger partial charge in [0.15, 0.2) is 0 Å². The largest absolute Gasteiger partial charge is 0.392 e. The monoisotopic (exact) mass is 623 g/mol. The van der Waals surface area contributed by atoms with Crippen molar-refractivity contribution in [3.63, 3.8) is 0 Å². The quantitative estimate of drug-likeness (QED) is 0.314. The van der Waals surface area contributed by atoms with Gasteiger partial charge in [-0.05, 0) is 52.5 Å². The van der Waals surface area contributed by atoms with E-state index in [2.05, 4.69) is 56.9 Å². The second-order valence-corrected chi connectivity index (χ2v) is 11.0. The van der Waals surface area contributed by atoms with Crippen LogP contribution >= 0.6 is 0 Å². The van der Waals surface area contributed by atoms with Gasteiger partial charge in [-0.25, -0.2) is 0 Å². The second-order valence-electron chi connectivity index (χ2n) is 11.0. The molecule has 3 aromatic rings. The van der Waals surface area contributed by atoms with Gasteiger partial charge in [-0.15, -0.1) is 35.9 Å². The van der Waals surface area contributed by atoms with Gasteiger partial charge in [0.25, 0.3) is 0 Å². The van der Waals surface area contributed by atoms with E-state index >= 15 is 0 Å². The summed E-state index contributed by atoms with van der Waals surface area (Å²) in [5.41, 5.74) is 1.94. The van der Waals surface area contributed by atoms with Crippen LogP contribution in [0.2, 0.25) is 0 Å². The summed E-state index contributed by atoms with van der Waals surface area (Å²) in [7, 11) is 0. The molecule has 2 aromatic carbocycles. The van der Waals surface area contributed by atoms with Crippen LogP contribution in [0.1, 0.15) is 53.4 Å². The van der Waals surface area contributed by atoms with Crippen LogP contribution in [-0.2, 0) is 20.1 Å². The number of aromatic nitrogens is 1. The maximum Gasteiger partial charge on any atom is 0.0646 e. The first-order valence-corrected chi connectivity index (χ1v) is 11.9. The number of rotatable bonds is 1. The predicted molar refractivity (Wildman–Crippen MR) is 131 cm³/mol. The Morgan fingerprint density at radius 2 is 1.58 bits per heavy atom. The van der Waals surface area contributed by atoms with Crippen LogP contribution in [-0.4, -0.2) is 27.4 Å². The molecule has 1 aromatic heterocycles. The maximum absolute atomic E-state index is 10.5. The molecule has 179 valence electrons. The zero-order valence-corrected chi connectivity index (χ0v) is 22.5. The molecule has 2 aliphatic rings. The van der Waals surface area contributed by atoms with Crippen molar-refractivity contribution in [3.05, 3.63) is 66.9 Å². The van der Waals surface area contributed by atoms with Crippen LogP contribution in [0, 0.1) is 28.7 Å². The first kappa shape index (κ1) is 26.0. The van der Waals surface area contributed by atoms with Crippen LogP contribution in [0.25, 0.3) is 22.0 Å². The van der Waals surface area contributed by atoms with Crippen LogP contribution in [0.4, 0.5) is 0 Å². The number of hydrogen-bond donors (Lipinski definition) is 2. The van der Waals surface area contributed by atoms with E-state index in [-0.39, 0.29) is 49.1 Å². The van der Waals surface area contributed by atoms with Gasteiger partial charge in [0.1, 0.15) is 0 Å². The molecular weight excluding hydrogens is 587 g/mol. The van der Waals surface area contributed by atoms with Crippen LogP contribution in [0.15, 0.2) is 60.8 Å². The summed E-state index contributed by atoms with van der Waals surface area (Å²) < 4.78 is 0. The topological polar surface area (TPSA) is 53.4 Å². The van der Waals surface area contributed by atoms with Crippen LogP contribution < -0.4 is 0 Å². The normalized spacial score (nSPS) is 27.5. The van der Waals surface area contributed by atoms with Crippen molar-refractivity contribution in [2.45, 2.75) is 65.6 Å². The molecule has 3 nitrogen and oxygen atoms in total. The molecule has 4 unspecified atom stereocenters. The molecule has 1 radical (unpaired) electrons. The molecule has 5 rings (SSSR count). The molecule has 0 aliphatic heterocycles. The minimum atomic E-state index is -0.350. The SMILES string of the molecule is CC1(C)CCCC2CC(C)(C)C(O)C2C1O.[Ir].[c-]1ccccc1-c1cc2ccccc2cn1. The first-order chi connectivity index (χ1) is 15.2. The van der Waals surface area contributed by atoms with Crippen molar-refractivity contribution in [1.82, 2.24) is 4.98 Å². The Bertz CT molecular complexity index is 1050. The molecule has 4 atom stereocenters. The Kier molecular flexibility index (Phi) is 8.17. The average molecular weight is 623 g/mol. The molecule has 33 heavy (non-hydrogen) atoms. The number of hydrogen-bond acceptors (Lipinski definition) is 3. The molecule has 0 spiro atoms. The summed E-state index contributed by atoms with van der Waals surface area (Å²) in [5.74, 6) is 0.606. The Morgan fingerprint density at radius 1 is 0.909 bits per heavy atom. The van der Waals surface area contributed by atoms with Crippen molar-refractivity contribution in [2.75, 3.05) is 0 Å². The van der Waals surface area contributed by atoms with E-state index in [1.165, 1.54) is 23.6 Å². The fourth-order valence-corrected chi connectivity index (χ4v) is 5.71. The van der Waals surface area contributed by atoms with Gasteiger partial charge in [-0.1, -0.05) is 64.4 Å². The molecule has 0 bridgehead atoms. The van der Waals surface area contributed by atoms with Crippen molar-refractivity contribution in [3.8, 4) is 11.3 Å². The first-order valence-electron chi connectivity index (χ1n) is 11.9. The Morgan fingerprint density at radius 3 is 2.27 bits per heavy atom. The van der Waals surface area contributed by atoms with Crippen molar-refractivity contribution in [2.24, 2.45) is 22.7 Å². The van der Waals surface area contributed by atoms with E-state index in [0.717, 1.165) is 24.1 Å². The molecule has 0 amide bonds. The Balaban J connectivity index is 0.000000180. The Labute approximate surface area is 212 Å². The van der Waals surface area contributed by atoms with Crippen LogP contribution in [0.5, 0.6) is 0 Å². The summed E-state index contributed by atoms with van der Waals surface area (Å²) in [6.07, 6.45) is 5.72. The smallest absolute Gasteiger partial charge is 0.0646 e. The van der Waals surface area contributed by atoms with Gasteiger partial charge in [0.2, 0.25) is 0 Å². The number of benzene rings is 2. The number of pyridine rings is 1. The maximum atomic E-state index is 10.5. The third-order valence-corrected chi connectivity index (χ3v) is 7.68. The van der Waals surface area contributed by atoms with Crippen molar-refractivity contribution >= 4 is 10.8 Å². The molecule has 2 N–H and O–H groups in total. The molecule has 0 saturated heterocycles. The minimum Gasteiger partial charge on any atom is -0.392 e. The molecule has 4 heteroatoms. The Hall–Kier alpha value is -1.58. The minimum absolute atomic E-state index is 0. The molecule has 1 heterocycles. The van der Waals surface area contributed by atoms with Gasteiger partial charge >= 0.3 is 0 Å². The number of nitrogens with zero attached hydrogens (tertiary/aromatic N) is 1. The van der Waals surface area contributed by atoms with Crippen molar-refractivity contribution < 1.29 is 30.3 Å². The molecular formula is C29H36IrNO2-. The summed E-state index contributed by atoms with van der Waals surface area (Å²) >= 11 is 0. The van der Waals surface area contributed by atoms with E-state index < -0.39 is 0 Å². The van der Waals surface area contributed by atoms with E-state index in [1.54, 1.807) is 0 Å². The summed E-state index contributed by atoms with van der Waals surface area (Å²) in [5, 5.41) is 23.3. The van der Waals surface area contributed by atoms with Gasteiger partial charge in [-0.3, -0.25) is 0 Å². The molecule has 2 fully saturated rings. The van der Waals surface area contributed by atoms with Gasteiger partial charge in [-0.2, -0.15) is 0 Å². The second kappa shape index (κ2) is 10.4.